The lowest BCUT2D eigenvalue weighted by molar-refractivity contribution is -0.193. The van der Waals surface area contributed by atoms with Gasteiger partial charge in [-0.15, -0.1) is 0 Å². The maximum Gasteiger partial charge on any atom is 0.338 e. The smallest absolute Gasteiger partial charge is 0.338 e. The molecule has 0 saturated carbocycles. The molecule has 1 saturated heterocycles. The molecule has 7 nitrogen and oxygen atoms in total. The number of hydrogen-bond donors (Lipinski definition) is 0. The van der Waals surface area contributed by atoms with Crippen molar-refractivity contribution in [3.05, 3.63) is 35.9 Å². The zero-order valence-corrected chi connectivity index (χ0v) is 14.2. The fourth-order valence-corrected chi connectivity index (χ4v) is 2.37. The maximum absolute atomic E-state index is 12.3. The van der Waals surface area contributed by atoms with Gasteiger partial charge in [0, 0.05) is 19.2 Å². The van der Waals surface area contributed by atoms with Gasteiger partial charge in [-0.3, -0.25) is 9.59 Å². The Hall–Kier alpha value is -2.56. The highest BCUT2D eigenvalue weighted by molar-refractivity contribution is 6.30. The summed E-state index contributed by atoms with van der Waals surface area (Å²) < 4.78 is 20.9. The topological polar surface area (TPSA) is 88.1 Å². The second-order valence-electron chi connectivity index (χ2n) is 5.08. The summed E-state index contributed by atoms with van der Waals surface area (Å²) in [6.07, 6.45) is -4.58. The molecular formula is C17H15ClO7. The normalized spacial score (nSPS) is 24.6. The van der Waals surface area contributed by atoms with Crippen LogP contribution in [0.25, 0.3) is 0 Å². The molecule has 0 radical (unpaired) electrons. The lowest BCUT2D eigenvalue weighted by Crippen LogP contribution is -2.41. The third kappa shape index (κ3) is 4.95. The van der Waals surface area contributed by atoms with Gasteiger partial charge in [0.1, 0.15) is 0 Å². The van der Waals surface area contributed by atoms with Crippen LogP contribution in [-0.4, -0.2) is 42.5 Å². The monoisotopic (exact) mass is 366 g/mol. The first-order chi connectivity index (χ1) is 11.9. The Labute approximate surface area is 149 Å². The third-order valence-corrected chi connectivity index (χ3v) is 3.31. The first-order valence-corrected chi connectivity index (χ1v) is 7.67. The van der Waals surface area contributed by atoms with E-state index in [2.05, 4.69) is 11.3 Å². The molecule has 8 heteroatoms. The van der Waals surface area contributed by atoms with Gasteiger partial charge in [0.2, 0.25) is 12.4 Å². The third-order valence-electron chi connectivity index (χ3n) is 3.20. The Bertz CT molecular complexity index is 707. The van der Waals surface area contributed by atoms with Crippen molar-refractivity contribution in [2.75, 3.05) is 0 Å². The van der Waals surface area contributed by atoms with Crippen molar-refractivity contribution in [3.8, 4) is 11.3 Å². The molecule has 2 rings (SSSR count). The second-order valence-corrected chi connectivity index (χ2v) is 5.27. The van der Waals surface area contributed by atoms with Gasteiger partial charge in [-0.25, -0.2) is 4.79 Å². The second kappa shape index (κ2) is 8.51. The van der Waals surface area contributed by atoms with Gasteiger partial charge >= 0.3 is 17.9 Å². The maximum atomic E-state index is 12.3. The summed E-state index contributed by atoms with van der Waals surface area (Å²) in [7, 11) is 0. The Morgan fingerprint density at radius 1 is 1.00 bits per heavy atom. The van der Waals surface area contributed by atoms with Crippen molar-refractivity contribution in [2.45, 2.75) is 38.4 Å². The molecule has 1 unspecified atom stereocenters. The van der Waals surface area contributed by atoms with Gasteiger partial charge in [0.15, 0.2) is 12.2 Å². The lowest BCUT2D eigenvalue weighted by Gasteiger charge is -2.22. The largest absolute Gasteiger partial charge is 0.452 e. The molecule has 0 amide bonds. The number of esters is 3. The summed E-state index contributed by atoms with van der Waals surface area (Å²) >= 11 is 5.41. The van der Waals surface area contributed by atoms with Crippen LogP contribution in [0.4, 0.5) is 0 Å². The zero-order valence-electron chi connectivity index (χ0n) is 13.4. The summed E-state index contributed by atoms with van der Waals surface area (Å²) in [5.41, 5.74) is 0.289. The average molecular weight is 367 g/mol. The number of benzene rings is 1. The molecule has 132 valence electrons. The van der Waals surface area contributed by atoms with E-state index in [1.165, 1.54) is 13.8 Å². The lowest BCUT2D eigenvalue weighted by atomic mass is 10.1. The van der Waals surface area contributed by atoms with Gasteiger partial charge < -0.3 is 18.9 Å². The van der Waals surface area contributed by atoms with Crippen LogP contribution in [0, 0.1) is 11.3 Å². The van der Waals surface area contributed by atoms with E-state index in [1.54, 1.807) is 30.3 Å². The number of carbonyl (C=O) groups is 3. The average Bonchev–Trinajstić information content (AvgIpc) is 2.84. The standard InChI is InChI=1S/C17H15ClO7/c1-10(19)22-15-14(25-16(21)12-6-4-3-5-7-12)13(8-9-18)24-17(15)23-11(2)20/h3-7,13-15,17H,1-2H3/t13-,14-,15-,17?/m1/s1. The van der Waals surface area contributed by atoms with E-state index in [4.69, 9.17) is 30.5 Å². The fourth-order valence-electron chi connectivity index (χ4n) is 2.26. The Morgan fingerprint density at radius 2 is 1.64 bits per heavy atom. The van der Waals surface area contributed by atoms with Crippen LogP contribution in [-0.2, 0) is 28.5 Å². The van der Waals surface area contributed by atoms with Crippen molar-refractivity contribution < 1.29 is 33.3 Å². The molecule has 1 aromatic carbocycles. The molecule has 0 aromatic heterocycles. The molecule has 1 fully saturated rings. The van der Waals surface area contributed by atoms with Gasteiger partial charge in [-0.1, -0.05) is 18.2 Å². The highest BCUT2D eigenvalue weighted by Crippen LogP contribution is 2.28. The Balaban J connectivity index is 2.26. The zero-order chi connectivity index (χ0) is 18.4. The first-order valence-electron chi connectivity index (χ1n) is 7.29. The van der Waals surface area contributed by atoms with Crippen LogP contribution in [0.5, 0.6) is 0 Å². The predicted molar refractivity (Wildman–Crippen MR) is 85.3 cm³/mol. The number of hydrogen-bond acceptors (Lipinski definition) is 7. The summed E-state index contributed by atoms with van der Waals surface area (Å²) in [6, 6.07) is 8.21. The van der Waals surface area contributed by atoms with Crippen molar-refractivity contribution in [1.82, 2.24) is 0 Å². The SMILES string of the molecule is CC(=O)OC1O[C@H](C#CCl)[C@@H](OC(=O)c2ccccc2)[C@H]1OC(C)=O. The predicted octanol–water partition coefficient (Wildman–Crippen LogP) is 1.63. The van der Waals surface area contributed by atoms with Crippen LogP contribution in [0.15, 0.2) is 30.3 Å². The molecule has 1 aliphatic heterocycles. The van der Waals surface area contributed by atoms with E-state index >= 15 is 0 Å². The Morgan fingerprint density at radius 3 is 2.20 bits per heavy atom. The van der Waals surface area contributed by atoms with Gasteiger partial charge in [-0.05, 0) is 29.7 Å². The van der Waals surface area contributed by atoms with E-state index < -0.39 is 42.5 Å². The summed E-state index contributed by atoms with van der Waals surface area (Å²) in [5.74, 6) is 0.502. The van der Waals surface area contributed by atoms with Crippen LogP contribution >= 0.6 is 11.6 Å². The van der Waals surface area contributed by atoms with Gasteiger partial charge in [-0.2, -0.15) is 0 Å². The number of rotatable bonds is 4. The van der Waals surface area contributed by atoms with Crippen molar-refractivity contribution in [1.29, 1.82) is 0 Å². The van der Waals surface area contributed by atoms with E-state index in [1.807, 2.05) is 0 Å². The summed E-state index contributed by atoms with van der Waals surface area (Å²) in [5, 5.41) is 2.13. The molecule has 0 N–H and O–H groups in total. The first kappa shape index (κ1) is 18.8. The van der Waals surface area contributed by atoms with Crippen LogP contribution in [0.3, 0.4) is 0 Å². The minimum atomic E-state index is -1.27. The minimum Gasteiger partial charge on any atom is -0.452 e. The van der Waals surface area contributed by atoms with Crippen LogP contribution < -0.4 is 0 Å². The summed E-state index contributed by atoms with van der Waals surface area (Å²) in [6.45, 7) is 2.33. The van der Waals surface area contributed by atoms with E-state index in [0.29, 0.717) is 0 Å². The van der Waals surface area contributed by atoms with Gasteiger partial charge in [0.05, 0.1) is 5.56 Å². The fraction of sp³-hybridized carbons (Fsp3) is 0.353. The number of carbonyl (C=O) groups excluding carboxylic acids is 3. The molecule has 4 atom stereocenters. The van der Waals surface area contributed by atoms with Crippen molar-refractivity contribution >= 4 is 29.5 Å². The molecule has 0 bridgehead atoms. The minimum absolute atomic E-state index is 0.289. The van der Waals surface area contributed by atoms with Crippen molar-refractivity contribution in [3.63, 3.8) is 0 Å². The van der Waals surface area contributed by atoms with Crippen LogP contribution in [0.1, 0.15) is 24.2 Å². The van der Waals surface area contributed by atoms with E-state index in [9.17, 15) is 14.4 Å². The molecule has 0 spiro atoms. The molecular weight excluding hydrogens is 352 g/mol. The number of ether oxygens (including phenoxy) is 4. The summed E-state index contributed by atoms with van der Waals surface area (Å²) in [4.78, 5) is 34.9. The molecule has 1 aromatic rings. The molecule has 25 heavy (non-hydrogen) atoms. The van der Waals surface area contributed by atoms with E-state index in [-0.39, 0.29) is 5.56 Å². The van der Waals surface area contributed by atoms with Gasteiger partial charge in [0.25, 0.3) is 0 Å². The molecule has 1 heterocycles. The van der Waals surface area contributed by atoms with E-state index in [0.717, 1.165) is 0 Å². The molecule has 0 aliphatic carbocycles. The van der Waals surface area contributed by atoms with Crippen molar-refractivity contribution in [2.24, 2.45) is 0 Å². The molecule has 1 aliphatic rings. The Kier molecular flexibility index (Phi) is 6.39. The highest BCUT2D eigenvalue weighted by atomic mass is 35.5. The highest BCUT2D eigenvalue weighted by Gasteiger charge is 2.51. The van der Waals surface area contributed by atoms with Crippen LogP contribution in [0.2, 0.25) is 0 Å². The quantitative estimate of drug-likeness (QED) is 0.454. The number of halogens is 1.